The van der Waals surface area contributed by atoms with Crippen molar-refractivity contribution < 1.29 is 33.6 Å². The van der Waals surface area contributed by atoms with Crippen LogP contribution in [0.3, 0.4) is 0 Å². The summed E-state index contributed by atoms with van der Waals surface area (Å²) in [6.45, 7) is 4.07. The molecule has 2 aromatic heterocycles. The van der Waals surface area contributed by atoms with Crippen LogP contribution in [0.1, 0.15) is 18.3 Å². The van der Waals surface area contributed by atoms with Crippen molar-refractivity contribution in [2.24, 2.45) is 5.16 Å². The Morgan fingerprint density at radius 1 is 1.44 bits per heavy atom. The Bertz CT molecular complexity index is 1280. The normalized spacial score (nSPS) is 19.5. The van der Waals surface area contributed by atoms with Crippen molar-refractivity contribution in [3.05, 3.63) is 41.1 Å². The number of carboxylic acids is 1. The second-order valence-corrected chi connectivity index (χ2v) is 9.69. The van der Waals surface area contributed by atoms with Crippen LogP contribution in [0.25, 0.3) is 0 Å². The molecule has 13 nitrogen and oxygen atoms in total. The van der Waals surface area contributed by atoms with Gasteiger partial charge in [0.15, 0.2) is 24.1 Å². The van der Waals surface area contributed by atoms with E-state index in [0.29, 0.717) is 11.3 Å². The standard InChI is InChI=1S/C21H23N7O6S2/c1-4-34-25-13(16-24-21(22)36-26-16)17(29)23-14-18(30)28-15(20(31)32)11(9-35-19(14)28)8-27-6-5-12(33-3)10(2)7-27/h5-7,14,19H,4,8-9H2,1-3H3,(H3-,22,23,24,26,29,31,32)/p+1/t14?,19-/m1/s1. The summed E-state index contributed by atoms with van der Waals surface area (Å²) >= 11 is 2.26. The van der Waals surface area contributed by atoms with E-state index in [0.717, 1.165) is 22.8 Å². The Balaban J connectivity index is 1.53. The predicted octanol–water partition coefficient (Wildman–Crippen LogP) is -0.0958. The summed E-state index contributed by atoms with van der Waals surface area (Å²) in [5.74, 6) is -1.41. The predicted molar refractivity (Wildman–Crippen MR) is 130 cm³/mol. The summed E-state index contributed by atoms with van der Waals surface area (Å²) in [7, 11) is 1.58. The van der Waals surface area contributed by atoms with Crippen LogP contribution in [0.5, 0.6) is 5.75 Å². The Morgan fingerprint density at radius 2 is 2.22 bits per heavy atom. The molecular weight excluding hydrogens is 510 g/mol. The van der Waals surface area contributed by atoms with E-state index in [4.69, 9.17) is 15.3 Å². The number of aliphatic carboxylic acids is 1. The molecule has 2 aliphatic rings. The van der Waals surface area contributed by atoms with E-state index in [1.165, 1.54) is 16.7 Å². The zero-order valence-corrected chi connectivity index (χ0v) is 21.3. The number of anilines is 1. The van der Waals surface area contributed by atoms with Crippen LogP contribution in [0.15, 0.2) is 34.9 Å². The van der Waals surface area contributed by atoms with Gasteiger partial charge < -0.3 is 25.7 Å². The number of ether oxygens (including phenoxy) is 1. The summed E-state index contributed by atoms with van der Waals surface area (Å²) in [6.07, 6.45) is 3.63. The monoisotopic (exact) mass is 534 g/mol. The SMILES string of the molecule is CCON=C(C(=O)NC1C(=O)N2C(C(=O)O)=C(C[n+]3ccc(OC)c(C)c3)CS[C@H]12)c1nsc(N)n1. The molecular formula is C21H24N7O6S2+. The maximum absolute atomic E-state index is 13.0. The fourth-order valence-electron chi connectivity index (χ4n) is 3.86. The molecule has 1 unspecified atom stereocenters. The number of methoxy groups -OCH3 is 1. The number of rotatable bonds is 9. The van der Waals surface area contributed by atoms with E-state index in [9.17, 15) is 19.5 Å². The van der Waals surface area contributed by atoms with E-state index >= 15 is 0 Å². The third-order valence-corrected chi connectivity index (χ3v) is 7.33. The number of carbonyl (C=O) groups excluding carboxylic acids is 2. The Hall–Kier alpha value is -3.72. The molecule has 0 radical (unpaired) electrons. The third-order valence-electron chi connectivity index (χ3n) is 5.45. The number of nitrogen functional groups attached to an aromatic ring is 1. The lowest BCUT2D eigenvalue weighted by Gasteiger charge is -2.49. The quantitative estimate of drug-likeness (QED) is 0.171. The number of aromatic nitrogens is 3. The second kappa shape index (κ2) is 10.5. The van der Waals surface area contributed by atoms with Crippen LogP contribution in [-0.2, 0) is 25.8 Å². The number of thioether (sulfide) groups is 1. The van der Waals surface area contributed by atoms with Crippen LogP contribution in [0.2, 0.25) is 0 Å². The average molecular weight is 535 g/mol. The van der Waals surface area contributed by atoms with Gasteiger partial charge in [0.2, 0.25) is 11.5 Å². The molecule has 4 rings (SSSR count). The summed E-state index contributed by atoms with van der Waals surface area (Å²) in [4.78, 5) is 48.3. The molecule has 0 bridgehead atoms. The minimum Gasteiger partial charge on any atom is -0.496 e. The van der Waals surface area contributed by atoms with Gasteiger partial charge in [0.25, 0.3) is 11.8 Å². The summed E-state index contributed by atoms with van der Waals surface area (Å²) in [5, 5.41) is 15.9. The molecule has 1 fully saturated rings. The van der Waals surface area contributed by atoms with Gasteiger partial charge in [-0.2, -0.15) is 9.36 Å². The molecule has 4 N–H and O–H groups in total. The lowest BCUT2D eigenvalue weighted by molar-refractivity contribution is -0.689. The Morgan fingerprint density at radius 3 is 2.83 bits per heavy atom. The molecule has 1 saturated heterocycles. The van der Waals surface area contributed by atoms with Gasteiger partial charge in [0.1, 0.15) is 29.5 Å². The lowest BCUT2D eigenvalue weighted by atomic mass is 10.0. The number of hydrogen-bond acceptors (Lipinski definition) is 11. The third kappa shape index (κ3) is 4.83. The van der Waals surface area contributed by atoms with Crippen molar-refractivity contribution in [3.8, 4) is 5.75 Å². The number of pyridine rings is 1. The van der Waals surface area contributed by atoms with Crippen LogP contribution < -0.4 is 20.4 Å². The van der Waals surface area contributed by atoms with E-state index < -0.39 is 29.2 Å². The Labute approximate surface area is 214 Å². The molecule has 2 aliphatic heterocycles. The number of hydrogen-bond donors (Lipinski definition) is 3. The number of amides is 2. The zero-order valence-electron chi connectivity index (χ0n) is 19.6. The van der Waals surface area contributed by atoms with Gasteiger partial charge in [-0.1, -0.05) is 5.16 Å². The van der Waals surface area contributed by atoms with Gasteiger partial charge in [-0.15, -0.1) is 11.8 Å². The molecule has 15 heteroatoms. The van der Waals surface area contributed by atoms with E-state index in [1.807, 2.05) is 17.7 Å². The first-order valence-corrected chi connectivity index (χ1v) is 12.6. The van der Waals surface area contributed by atoms with Crippen molar-refractivity contribution in [2.45, 2.75) is 31.8 Å². The number of nitrogens with one attached hydrogen (secondary N) is 1. The van der Waals surface area contributed by atoms with Crippen LogP contribution in [-0.4, -0.2) is 73.7 Å². The fraction of sp³-hybridized carbons (Fsp3) is 0.381. The molecule has 4 heterocycles. The highest BCUT2D eigenvalue weighted by Gasteiger charge is 2.54. The molecule has 2 amide bonds. The number of nitrogens with two attached hydrogens (primary N) is 1. The maximum Gasteiger partial charge on any atom is 0.352 e. The zero-order chi connectivity index (χ0) is 26.0. The molecule has 0 saturated carbocycles. The topological polar surface area (TPSA) is 173 Å². The van der Waals surface area contributed by atoms with Gasteiger partial charge in [-0.05, 0) is 13.8 Å². The number of aryl methyl sites for hydroxylation is 1. The molecule has 2 aromatic rings. The summed E-state index contributed by atoms with van der Waals surface area (Å²) in [5.41, 5.74) is 6.78. The number of carbonyl (C=O) groups is 3. The highest BCUT2D eigenvalue weighted by atomic mass is 32.2. The van der Waals surface area contributed by atoms with Gasteiger partial charge in [0.05, 0.1) is 12.7 Å². The summed E-state index contributed by atoms with van der Waals surface area (Å²) in [6, 6.07) is 0.846. The summed E-state index contributed by atoms with van der Waals surface area (Å²) < 4.78 is 11.1. The first kappa shape index (κ1) is 25.4. The van der Waals surface area contributed by atoms with E-state index in [-0.39, 0.29) is 35.5 Å². The first-order valence-electron chi connectivity index (χ1n) is 10.8. The number of β-lactam (4-membered cyclic amide) rings is 1. The number of carboxylic acid groups (broad SMARTS) is 1. The average Bonchev–Trinajstić information content (AvgIpc) is 3.28. The highest BCUT2D eigenvalue weighted by molar-refractivity contribution is 8.00. The van der Waals surface area contributed by atoms with Crippen LogP contribution >= 0.6 is 23.3 Å². The number of fused-ring (bicyclic) bond motifs is 1. The molecule has 2 atom stereocenters. The fourth-order valence-corrected chi connectivity index (χ4v) is 5.63. The maximum atomic E-state index is 13.0. The first-order chi connectivity index (χ1) is 17.2. The van der Waals surface area contributed by atoms with Gasteiger partial charge in [0, 0.05) is 28.9 Å². The second-order valence-electron chi connectivity index (χ2n) is 7.80. The van der Waals surface area contributed by atoms with Gasteiger partial charge >= 0.3 is 5.97 Å². The molecule has 0 spiro atoms. The molecule has 0 aromatic carbocycles. The lowest BCUT2D eigenvalue weighted by Crippen LogP contribution is -2.71. The molecule has 36 heavy (non-hydrogen) atoms. The van der Waals surface area contributed by atoms with E-state index in [1.54, 1.807) is 26.3 Å². The smallest absolute Gasteiger partial charge is 0.352 e. The highest BCUT2D eigenvalue weighted by Crippen LogP contribution is 2.40. The van der Waals surface area contributed by atoms with Crippen molar-refractivity contribution in [2.75, 3.05) is 25.2 Å². The Kier molecular flexibility index (Phi) is 7.40. The number of oxime groups is 1. The van der Waals surface area contributed by atoms with Gasteiger partial charge in [-0.25, -0.2) is 9.36 Å². The number of nitrogens with zero attached hydrogens (tertiary/aromatic N) is 5. The van der Waals surface area contributed by atoms with Crippen molar-refractivity contribution in [1.82, 2.24) is 19.6 Å². The van der Waals surface area contributed by atoms with Crippen LogP contribution in [0.4, 0.5) is 5.13 Å². The molecule has 0 aliphatic carbocycles. The van der Waals surface area contributed by atoms with Crippen molar-refractivity contribution in [1.29, 1.82) is 0 Å². The van der Waals surface area contributed by atoms with Crippen LogP contribution in [0, 0.1) is 6.92 Å². The molecule has 190 valence electrons. The van der Waals surface area contributed by atoms with Crippen molar-refractivity contribution in [3.63, 3.8) is 0 Å². The van der Waals surface area contributed by atoms with Crippen molar-refractivity contribution >= 4 is 51.9 Å². The van der Waals surface area contributed by atoms with Gasteiger partial charge in [-0.3, -0.25) is 14.5 Å². The minimum absolute atomic E-state index is 0.0245. The minimum atomic E-state index is -1.21. The van der Waals surface area contributed by atoms with E-state index in [2.05, 4.69) is 19.8 Å². The largest absolute Gasteiger partial charge is 0.496 e.